The Morgan fingerprint density at radius 1 is 1.23 bits per heavy atom. The van der Waals surface area contributed by atoms with Crippen molar-refractivity contribution in [3.63, 3.8) is 0 Å². The summed E-state index contributed by atoms with van der Waals surface area (Å²) < 4.78 is 10.4. The van der Waals surface area contributed by atoms with Gasteiger partial charge in [-0.05, 0) is 31.0 Å². The number of carbonyl (C=O) groups is 2. The lowest BCUT2D eigenvalue weighted by Crippen LogP contribution is -2.29. The molecule has 2 N–H and O–H groups in total. The fraction of sp³-hybridized carbons (Fsp3) is 0.250. The lowest BCUT2D eigenvalue weighted by molar-refractivity contribution is -0.123. The maximum Gasteiger partial charge on any atom is 0.372 e. The number of hydrogen-bond donors (Lipinski definition) is 2. The molecule has 0 unspecified atom stereocenters. The normalized spacial score (nSPS) is 10.3. The number of amides is 1. The fourth-order valence-electron chi connectivity index (χ4n) is 2.07. The van der Waals surface area contributed by atoms with Crippen molar-refractivity contribution in [2.45, 2.75) is 20.4 Å². The van der Waals surface area contributed by atoms with Crippen molar-refractivity contribution in [2.24, 2.45) is 0 Å². The van der Waals surface area contributed by atoms with Crippen LogP contribution in [0.5, 0.6) is 5.75 Å². The number of carboxylic acid groups (broad SMARTS) is 1. The molecular weight excluding hydrogens is 286 g/mol. The van der Waals surface area contributed by atoms with Crippen LogP contribution < -0.4 is 10.1 Å². The summed E-state index contributed by atoms with van der Waals surface area (Å²) in [4.78, 5) is 22.7. The number of ether oxygens (including phenoxy) is 1. The number of carbonyl (C=O) groups excluding carboxylic acids is 1. The first-order valence-electron chi connectivity index (χ1n) is 6.74. The van der Waals surface area contributed by atoms with E-state index in [1.54, 1.807) is 0 Å². The Kier molecular flexibility index (Phi) is 4.83. The van der Waals surface area contributed by atoms with Crippen molar-refractivity contribution in [3.8, 4) is 5.75 Å². The lowest BCUT2D eigenvalue weighted by Gasteiger charge is -2.11. The molecule has 6 nitrogen and oxygen atoms in total. The summed E-state index contributed by atoms with van der Waals surface area (Å²) in [5, 5.41) is 11.5. The van der Waals surface area contributed by atoms with Crippen LogP contribution in [0.25, 0.3) is 0 Å². The van der Waals surface area contributed by atoms with Gasteiger partial charge in [0, 0.05) is 12.1 Å². The average Bonchev–Trinajstić information content (AvgIpc) is 2.93. The van der Waals surface area contributed by atoms with Crippen LogP contribution in [0, 0.1) is 13.8 Å². The topological polar surface area (TPSA) is 88.8 Å². The van der Waals surface area contributed by atoms with E-state index < -0.39 is 5.97 Å². The van der Waals surface area contributed by atoms with Crippen molar-refractivity contribution >= 4 is 11.9 Å². The number of furan rings is 1. The van der Waals surface area contributed by atoms with Crippen LogP contribution in [0.15, 0.2) is 34.9 Å². The zero-order valence-electron chi connectivity index (χ0n) is 12.4. The van der Waals surface area contributed by atoms with Gasteiger partial charge in [-0.3, -0.25) is 4.79 Å². The SMILES string of the molecule is Cc1cccc(C)c1OCC(=O)NCc1ccoc1C(=O)O. The summed E-state index contributed by atoms with van der Waals surface area (Å²) in [7, 11) is 0. The third-order valence-corrected chi connectivity index (χ3v) is 3.17. The fourth-order valence-corrected chi connectivity index (χ4v) is 2.07. The highest BCUT2D eigenvalue weighted by molar-refractivity contribution is 5.86. The van der Waals surface area contributed by atoms with E-state index in [1.807, 2.05) is 32.0 Å². The maximum atomic E-state index is 11.8. The number of rotatable bonds is 6. The Bertz CT molecular complexity index is 669. The van der Waals surface area contributed by atoms with Gasteiger partial charge in [-0.2, -0.15) is 0 Å². The Morgan fingerprint density at radius 3 is 2.55 bits per heavy atom. The van der Waals surface area contributed by atoms with Gasteiger partial charge in [0.05, 0.1) is 6.26 Å². The molecule has 2 aromatic rings. The van der Waals surface area contributed by atoms with Gasteiger partial charge in [-0.25, -0.2) is 4.79 Å². The predicted molar refractivity (Wildman–Crippen MR) is 78.9 cm³/mol. The van der Waals surface area contributed by atoms with E-state index >= 15 is 0 Å². The first kappa shape index (κ1) is 15.6. The van der Waals surface area contributed by atoms with Crippen molar-refractivity contribution in [1.82, 2.24) is 5.32 Å². The van der Waals surface area contributed by atoms with Crippen LogP contribution in [-0.4, -0.2) is 23.6 Å². The number of hydrogen-bond acceptors (Lipinski definition) is 4. The summed E-state index contributed by atoms with van der Waals surface area (Å²) in [6, 6.07) is 7.25. The molecule has 0 aliphatic carbocycles. The van der Waals surface area contributed by atoms with Gasteiger partial charge in [0.25, 0.3) is 5.91 Å². The molecule has 0 saturated carbocycles. The number of para-hydroxylation sites is 1. The molecule has 6 heteroatoms. The lowest BCUT2D eigenvalue weighted by atomic mass is 10.1. The minimum Gasteiger partial charge on any atom is -0.483 e. The van der Waals surface area contributed by atoms with E-state index in [0.29, 0.717) is 11.3 Å². The second-order valence-corrected chi connectivity index (χ2v) is 4.87. The van der Waals surface area contributed by atoms with Crippen LogP contribution in [-0.2, 0) is 11.3 Å². The highest BCUT2D eigenvalue weighted by Crippen LogP contribution is 2.22. The molecule has 0 aliphatic rings. The molecule has 1 aromatic heterocycles. The van der Waals surface area contributed by atoms with Crippen molar-refractivity contribution in [2.75, 3.05) is 6.61 Å². The molecule has 116 valence electrons. The molecule has 1 aromatic carbocycles. The van der Waals surface area contributed by atoms with Crippen LogP contribution >= 0.6 is 0 Å². The van der Waals surface area contributed by atoms with Gasteiger partial charge in [0.15, 0.2) is 6.61 Å². The standard InChI is InChI=1S/C16H17NO5/c1-10-4-3-5-11(2)14(10)22-9-13(18)17-8-12-6-7-21-15(12)16(19)20/h3-7H,8-9H2,1-2H3,(H,17,18)(H,19,20). The van der Waals surface area contributed by atoms with E-state index in [0.717, 1.165) is 11.1 Å². The van der Waals surface area contributed by atoms with E-state index in [4.69, 9.17) is 14.3 Å². The molecule has 0 fully saturated rings. The van der Waals surface area contributed by atoms with Crippen LogP contribution in [0.2, 0.25) is 0 Å². The van der Waals surface area contributed by atoms with Crippen LogP contribution in [0.4, 0.5) is 0 Å². The molecule has 1 heterocycles. The largest absolute Gasteiger partial charge is 0.483 e. The molecule has 22 heavy (non-hydrogen) atoms. The van der Waals surface area contributed by atoms with E-state index in [-0.39, 0.29) is 24.8 Å². The zero-order chi connectivity index (χ0) is 16.1. The van der Waals surface area contributed by atoms with Gasteiger partial charge >= 0.3 is 5.97 Å². The molecule has 0 aliphatic heterocycles. The molecular formula is C16H17NO5. The third-order valence-electron chi connectivity index (χ3n) is 3.17. The van der Waals surface area contributed by atoms with Gasteiger partial charge in [-0.1, -0.05) is 18.2 Å². The second kappa shape index (κ2) is 6.80. The maximum absolute atomic E-state index is 11.8. The summed E-state index contributed by atoms with van der Waals surface area (Å²) in [6.45, 7) is 3.76. The van der Waals surface area contributed by atoms with Crippen molar-refractivity contribution in [3.05, 3.63) is 53.0 Å². The smallest absolute Gasteiger partial charge is 0.372 e. The summed E-state index contributed by atoms with van der Waals surface area (Å²) in [5.41, 5.74) is 2.32. The highest BCUT2D eigenvalue weighted by atomic mass is 16.5. The van der Waals surface area contributed by atoms with Gasteiger partial charge in [-0.15, -0.1) is 0 Å². The van der Waals surface area contributed by atoms with E-state index in [1.165, 1.54) is 12.3 Å². The first-order chi connectivity index (χ1) is 10.5. The minimum absolute atomic E-state index is 0.0765. The van der Waals surface area contributed by atoms with E-state index in [9.17, 15) is 9.59 Å². The number of benzene rings is 1. The molecule has 0 spiro atoms. The van der Waals surface area contributed by atoms with Crippen molar-refractivity contribution in [1.29, 1.82) is 0 Å². The average molecular weight is 303 g/mol. The van der Waals surface area contributed by atoms with Gasteiger partial charge in [0.2, 0.25) is 5.76 Å². The third kappa shape index (κ3) is 3.66. The number of aryl methyl sites for hydroxylation is 2. The number of carboxylic acids is 1. The summed E-state index contributed by atoms with van der Waals surface area (Å²) >= 11 is 0. The van der Waals surface area contributed by atoms with Crippen LogP contribution in [0.1, 0.15) is 27.2 Å². The quantitative estimate of drug-likeness (QED) is 0.854. The van der Waals surface area contributed by atoms with Crippen molar-refractivity contribution < 1.29 is 23.8 Å². The summed E-state index contributed by atoms with van der Waals surface area (Å²) in [6.07, 6.45) is 1.28. The molecule has 0 saturated heterocycles. The molecule has 0 radical (unpaired) electrons. The predicted octanol–water partition coefficient (Wildman–Crippen LogP) is 2.29. The monoisotopic (exact) mass is 303 g/mol. The second-order valence-electron chi connectivity index (χ2n) is 4.87. The molecule has 1 amide bonds. The Hall–Kier alpha value is -2.76. The molecule has 2 rings (SSSR count). The molecule has 0 bridgehead atoms. The molecule has 0 atom stereocenters. The van der Waals surface area contributed by atoms with Gasteiger partial charge < -0.3 is 19.6 Å². The zero-order valence-corrected chi connectivity index (χ0v) is 12.4. The van der Waals surface area contributed by atoms with E-state index in [2.05, 4.69) is 5.32 Å². The van der Waals surface area contributed by atoms with Crippen LogP contribution in [0.3, 0.4) is 0 Å². The Morgan fingerprint density at radius 2 is 1.91 bits per heavy atom. The first-order valence-corrected chi connectivity index (χ1v) is 6.74. The summed E-state index contributed by atoms with van der Waals surface area (Å²) in [5.74, 6) is -0.982. The number of nitrogens with one attached hydrogen (secondary N) is 1. The Labute approximate surface area is 127 Å². The number of aromatic carboxylic acids is 1. The Balaban J connectivity index is 1.89. The minimum atomic E-state index is -1.17. The highest BCUT2D eigenvalue weighted by Gasteiger charge is 2.14. The van der Waals surface area contributed by atoms with Gasteiger partial charge in [0.1, 0.15) is 5.75 Å².